The van der Waals surface area contributed by atoms with Gasteiger partial charge in [0.2, 0.25) is 0 Å². The molecule has 2 N–H and O–H groups in total. The Balaban J connectivity index is 2.21. The topological polar surface area (TPSA) is 29.3 Å². The van der Waals surface area contributed by atoms with Crippen molar-refractivity contribution in [2.45, 2.75) is 51.1 Å². The minimum atomic E-state index is 0.219. The molecule has 0 saturated heterocycles. The predicted molar refractivity (Wildman–Crippen MR) is 79.5 cm³/mol. The summed E-state index contributed by atoms with van der Waals surface area (Å²) in [5.74, 6) is 0. The molecular weight excluding hydrogens is 244 g/mol. The zero-order valence-electron chi connectivity index (χ0n) is 11.3. The second kappa shape index (κ2) is 5.94. The third-order valence-corrected chi connectivity index (χ3v) is 4.29. The monoisotopic (exact) mass is 266 g/mol. The predicted octanol–water partition coefficient (Wildman–Crippen LogP) is 3.61. The second-order valence-electron chi connectivity index (χ2n) is 5.34. The maximum Gasteiger partial charge on any atom is 0.0410 e. The Labute approximate surface area is 115 Å². The van der Waals surface area contributed by atoms with E-state index in [9.17, 15) is 0 Å². The molecular formula is C15H23ClN2. The molecule has 2 nitrogen and oxygen atoms in total. The van der Waals surface area contributed by atoms with E-state index in [1.165, 1.54) is 30.5 Å². The van der Waals surface area contributed by atoms with Crippen molar-refractivity contribution in [3.05, 3.63) is 28.8 Å². The van der Waals surface area contributed by atoms with E-state index in [0.717, 1.165) is 17.9 Å². The molecule has 1 aromatic rings. The summed E-state index contributed by atoms with van der Waals surface area (Å²) >= 11 is 6.12. The number of hydrogen-bond acceptors (Lipinski definition) is 2. The van der Waals surface area contributed by atoms with Crippen molar-refractivity contribution < 1.29 is 0 Å². The summed E-state index contributed by atoms with van der Waals surface area (Å²) in [5.41, 5.74) is 8.67. The van der Waals surface area contributed by atoms with Crippen molar-refractivity contribution in [3.63, 3.8) is 0 Å². The van der Waals surface area contributed by atoms with Gasteiger partial charge in [-0.25, -0.2) is 0 Å². The number of anilines is 1. The van der Waals surface area contributed by atoms with Gasteiger partial charge in [-0.15, -0.1) is 0 Å². The summed E-state index contributed by atoms with van der Waals surface area (Å²) in [6, 6.07) is 7.10. The van der Waals surface area contributed by atoms with Crippen molar-refractivity contribution in [1.29, 1.82) is 0 Å². The highest BCUT2D eigenvalue weighted by molar-refractivity contribution is 6.30. The van der Waals surface area contributed by atoms with Crippen LogP contribution in [0.4, 0.5) is 5.69 Å². The van der Waals surface area contributed by atoms with Gasteiger partial charge in [0.05, 0.1) is 0 Å². The van der Waals surface area contributed by atoms with Gasteiger partial charge in [0.25, 0.3) is 0 Å². The molecule has 0 bridgehead atoms. The Morgan fingerprint density at radius 3 is 2.72 bits per heavy atom. The summed E-state index contributed by atoms with van der Waals surface area (Å²) in [5, 5.41) is 0.805. The summed E-state index contributed by atoms with van der Waals surface area (Å²) < 4.78 is 0. The summed E-state index contributed by atoms with van der Waals surface area (Å²) in [6.45, 7) is 2.13. The fraction of sp³-hybridized carbons (Fsp3) is 0.600. The first-order valence-corrected chi connectivity index (χ1v) is 7.26. The number of halogens is 1. The third-order valence-electron chi connectivity index (χ3n) is 4.05. The van der Waals surface area contributed by atoms with E-state index in [1.54, 1.807) is 0 Å². The zero-order chi connectivity index (χ0) is 13.1. The summed E-state index contributed by atoms with van der Waals surface area (Å²) in [7, 11) is 2.19. The molecule has 0 aromatic heterocycles. The first-order valence-electron chi connectivity index (χ1n) is 6.88. The minimum absolute atomic E-state index is 0.219. The maximum absolute atomic E-state index is 6.12. The average Bonchev–Trinajstić information content (AvgIpc) is 2.26. The summed E-state index contributed by atoms with van der Waals surface area (Å²) in [6.07, 6.45) is 5.87. The van der Waals surface area contributed by atoms with Crippen LogP contribution in [0, 0.1) is 0 Å². The average molecular weight is 267 g/mol. The molecule has 1 aliphatic carbocycles. The molecule has 1 aromatic carbocycles. The van der Waals surface area contributed by atoms with Gasteiger partial charge >= 0.3 is 0 Å². The molecule has 0 aliphatic heterocycles. The van der Waals surface area contributed by atoms with Gasteiger partial charge in [0.15, 0.2) is 0 Å². The third kappa shape index (κ3) is 2.99. The van der Waals surface area contributed by atoms with Gasteiger partial charge in [-0.3, -0.25) is 0 Å². The molecule has 1 aliphatic rings. The molecule has 3 heteroatoms. The number of benzene rings is 1. The molecule has 0 heterocycles. The SMILES string of the molecule is CCC(N)Cc1cc(Cl)ccc1N(C)C1CCC1. The van der Waals surface area contributed by atoms with Crippen LogP contribution in [-0.2, 0) is 6.42 Å². The van der Waals surface area contributed by atoms with Gasteiger partial charge in [0, 0.05) is 29.8 Å². The van der Waals surface area contributed by atoms with Gasteiger partial charge in [0.1, 0.15) is 0 Å². The van der Waals surface area contributed by atoms with E-state index in [4.69, 9.17) is 17.3 Å². The molecule has 0 amide bonds. The lowest BCUT2D eigenvalue weighted by Gasteiger charge is -2.37. The van der Waals surface area contributed by atoms with E-state index in [1.807, 2.05) is 6.07 Å². The Hall–Kier alpha value is -0.730. The standard InChI is InChI=1S/C15H23ClN2/c1-3-13(17)10-11-9-12(16)7-8-15(11)18(2)14-5-4-6-14/h7-9,13-14H,3-6,10,17H2,1-2H3. The highest BCUT2D eigenvalue weighted by Gasteiger charge is 2.24. The maximum atomic E-state index is 6.12. The smallest absolute Gasteiger partial charge is 0.0410 e. The molecule has 1 atom stereocenters. The van der Waals surface area contributed by atoms with Crippen molar-refractivity contribution in [3.8, 4) is 0 Å². The molecule has 1 unspecified atom stereocenters. The van der Waals surface area contributed by atoms with Gasteiger partial charge in [-0.05, 0) is 55.9 Å². The van der Waals surface area contributed by atoms with E-state index in [-0.39, 0.29) is 6.04 Å². The second-order valence-corrected chi connectivity index (χ2v) is 5.78. The van der Waals surface area contributed by atoms with E-state index in [0.29, 0.717) is 6.04 Å². The van der Waals surface area contributed by atoms with E-state index < -0.39 is 0 Å². The van der Waals surface area contributed by atoms with Crippen LogP contribution in [0.2, 0.25) is 5.02 Å². The lowest BCUT2D eigenvalue weighted by Crippen LogP contribution is -2.38. The normalized spacial score (nSPS) is 17.3. The Kier molecular flexibility index (Phi) is 4.52. The molecule has 100 valence electrons. The molecule has 0 radical (unpaired) electrons. The Morgan fingerprint density at radius 2 is 2.17 bits per heavy atom. The van der Waals surface area contributed by atoms with Crippen LogP contribution in [0.3, 0.4) is 0 Å². The van der Waals surface area contributed by atoms with Crippen LogP contribution in [0.25, 0.3) is 0 Å². The fourth-order valence-electron chi connectivity index (χ4n) is 2.46. The minimum Gasteiger partial charge on any atom is -0.371 e. The van der Waals surface area contributed by atoms with Gasteiger partial charge < -0.3 is 10.6 Å². The lowest BCUT2D eigenvalue weighted by molar-refractivity contribution is 0.400. The Morgan fingerprint density at radius 1 is 1.44 bits per heavy atom. The number of rotatable bonds is 5. The van der Waals surface area contributed by atoms with Crippen molar-refractivity contribution in [2.75, 3.05) is 11.9 Å². The summed E-state index contributed by atoms with van der Waals surface area (Å²) in [4.78, 5) is 2.40. The number of hydrogen-bond donors (Lipinski definition) is 1. The van der Waals surface area contributed by atoms with Crippen molar-refractivity contribution >= 4 is 17.3 Å². The van der Waals surface area contributed by atoms with Crippen LogP contribution in [0.5, 0.6) is 0 Å². The van der Waals surface area contributed by atoms with Crippen LogP contribution in [-0.4, -0.2) is 19.1 Å². The highest BCUT2D eigenvalue weighted by Crippen LogP contribution is 2.32. The number of nitrogens with zero attached hydrogens (tertiary/aromatic N) is 1. The zero-order valence-corrected chi connectivity index (χ0v) is 12.1. The van der Waals surface area contributed by atoms with E-state index >= 15 is 0 Å². The molecule has 1 fully saturated rings. The fourth-order valence-corrected chi connectivity index (χ4v) is 2.65. The molecule has 0 spiro atoms. The van der Waals surface area contributed by atoms with Crippen LogP contribution < -0.4 is 10.6 Å². The van der Waals surface area contributed by atoms with Gasteiger partial charge in [-0.2, -0.15) is 0 Å². The quantitative estimate of drug-likeness (QED) is 0.882. The molecule has 2 rings (SSSR count). The van der Waals surface area contributed by atoms with Crippen molar-refractivity contribution in [1.82, 2.24) is 0 Å². The van der Waals surface area contributed by atoms with Crippen LogP contribution in [0.1, 0.15) is 38.2 Å². The largest absolute Gasteiger partial charge is 0.371 e. The van der Waals surface area contributed by atoms with Crippen molar-refractivity contribution in [2.24, 2.45) is 5.73 Å². The van der Waals surface area contributed by atoms with E-state index in [2.05, 4.69) is 31.0 Å². The van der Waals surface area contributed by atoms with Crippen LogP contribution in [0.15, 0.2) is 18.2 Å². The number of nitrogens with two attached hydrogens (primary N) is 1. The highest BCUT2D eigenvalue weighted by atomic mass is 35.5. The molecule has 18 heavy (non-hydrogen) atoms. The first kappa shape index (κ1) is 13.7. The van der Waals surface area contributed by atoms with Crippen LogP contribution >= 0.6 is 11.6 Å². The lowest BCUT2D eigenvalue weighted by atomic mass is 9.90. The molecule has 1 saturated carbocycles. The van der Waals surface area contributed by atoms with Gasteiger partial charge in [-0.1, -0.05) is 18.5 Å². The Bertz CT molecular complexity index is 401. The first-order chi connectivity index (χ1) is 8.61.